The summed E-state index contributed by atoms with van der Waals surface area (Å²) >= 11 is 0. The van der Waals surface area contributed by atoms with Crippen LogP contribution in [0.5, 0.6) is 0 Å². The molecule has 0 atom stereocenters. The molecule has 0 unspecified atom stereocenters. The number of carbonyl (C=O) groups excluding carboxylic acids is 1. The summed E-state index contributed by atoms with van der Waals surface area (Å²) in [5, 5.41) is 17.0. The van der Waals surface area contributed by atoms with Crippen LogP contribution in [0, 0.1) is 6.92 Å². The Labute approximate surface area is 163 Å². The molecule has 0 radical (unpaired) electrons. The van der Waals surface area contributed by atoms with Crippen molar-refractivity contribution >= 4 is 5.91 Å². The molecular weight excluding hydrogens is 354 g/mol. The van der Waals surface area contributed by atoms with Gasteiger partial charge >= 0.3 is 0 Å². The van der Waals surface area contributed by atoms with E-state index in [1.54, 1.807) is 17.4 Å². The lowest BCUT2D eigenvalue weighted by Crippen LogP contribution is -2.39. The number of nitrogens with one attached hydrogen (secondary N) is 1. The van der Waals surface area contributed by atoms with Crippen LogP contribution in [-0.4, -0.2) is 55.8 Å². The molecule has 3 aromatic rings. The SMILES string of the molecule is Cc1ccc(-c2n[nH]c(C3CCN(C(=O)CO)CC3)c2-c2ccncn2)cc1. The number of aliphatic hydroxyl groups excluding tert-OH is 1. The number of likely N-dealkylation sites (tertiary alicyclic amines) is 1. The molecule has 7 heteroatoms. The largest absolute Gasteiger partial charge is 0.387 e. The number of aliphatic hydroxyl groups is 1. The van der Waals surface area contributed by atoms with Gasteiger partial charge in [-0.2, -0.15) is 5.10 Å². The topological polar surface area (TPSA) is 95.0 Å². The summed E-state index contributed by atoms with van der Waals surface area (Å²) in [6.07, 6.45) is 4.92. The number of hydrogen-bond donors (Lipinski definition) is 2. The van der Waals surface area contributed by atoms with Crippen molar-refractivity contribution in [1.29, 1.82) is 0 Å². The van der Waals surface area contributed by atoms with Crippen LogP contribution < -0.4 is 0 Å². The highest BCUT2D eigenvalue weighted by Crippen LogP contribution is 2.38. The highest BCUT2D eigenvalue weighted by Gasteiger charge is 2.28. The number of aromatic amines is 1. The quantitative estimate of drug-likeness (QED) is 0.729. The molecule has 1 saturated heterocycles. The lowest BCUT2D eigenvalue weighted by Gasteiger charge is -2.31. The second kappa shape index (κ2) is 7.90. The molecule has 0 spiro atoms. The normalized spacial score (nSPS) is 15.0. The summed E-state index contributed by atoms with van der Waals surface area (Å²) in [5.74, 6) is 0.0406. The highest BCUT2D eigenvalue weighted by atomic mass is 16.3. The van der Waals surface area contributed by atoms with Crippen molar-refractivity contribution in [2.24, 2.45) is 0 Å². The van der Waals surface area contributed by atoms with E-state index in [2.05, 4.69) is 51.4 Å². The molecule has 0 saturated carbocycles. The van der Waals surface area contributed by atoms with E-state index in [0.29, 0.717) is 13.1 Å². The summed E-state index contributed by atoms with van der Waals surface area (Å²) in [5.41, 5.74) is 5.99. The Kier molecular flexibility index (Phi) is 5.16. The number of piperidine rings is 1. The fraction of sp³-hybridized carbons (Fsp3) is 0.333. The maximum absolute atomic E-state index is 11.8. The lowest BCUT2D eigenvalue weighted by molar-refractivity contribution is -0.135. The Hall–Kier alpha value is -3.06. The minimum atomic E-state index is -0.432. The zero-order chi connectivity index (χ0) is 19.5. The van der Waals surface area contributed by atoms with E-state index >= 15 is 0 Å². The number of carbonyl (C=O) groups is 1. The molecule has 1 aliphatic heterocycles. The van der Waals surface area contributed by atoms with Gasteiger partial charge in [0.15, 0.2) is 0 Å². The number of nitrogens with zero attached hydrogens (tertiary/aromatic N) is 4. The maximum atomic E-state index is 11.8. The minimum Gasteiger partial charge on any atom is -0.387 e. The minimum absolute atomic E-state index is 0.209. The Bertz CT molecular complexity index is 945. The van der Waals surface area contributed by atoms with Gasteiger partial charge in [0.25, 0.3) is 0 Å². The van der Waals surface area contributed by atoms with Gasteiger partial charge in [-0.05, 0) is 25.8 Å². The van der Waals surface area contributed by atoms with Crippen LogP contribution in [0.2, 0.25) is 0 Å². The second-order valence-electron chi connectivity index (χ2n) is 7.13. The first-order valence-corrected chi connectivity index (χ1v) is 9.47. The Morgan fingerprint density at radius 2 is 1.96 bits per heavy atom. The van der Waals surface area contributed by atoms with Crippen LogP contribution in [0.15, 0.2) is 42.9 Å². The molecule has 0 bridgehead atoms. The first-order valence-electron chi connectivity index (χ1n) is 9.47. The Morgan fingerprint density at radius 3 is 2.61 bits per heavy atom. The van der Waals surface area contributed by atoms with Crippen molar-refractivity contribution in [1.82, 2.24) is 25.1 Å². The molecule has 1 aliphatic rings. The third-order valence-electron chi connectivity index (χ3n) is 5.35. The summed E-state index contributed by atoms with van der Waals surface area (Å²) in [7, 11) is 0. The van der Waals surface area contributed by atoms with Gasteiger partial charge in [-0.1, -0.05) is 29.8 Å². The molecule has 1 amide bonds. The summed E-state index contributed by atoms with van der Waals surface area (Å²) in [4.78, 5) is 22.0. The average molecular weight is 377 g/mol. The number of aryl methyl sites for hydroxylation is 1. The van der Waals surface area contributed by atoms with E-state index in [4.69, 9.17) is 5.11 Å². The monoisotopic (exact) mass is 377 g/mol. The molecule has 144 valence electrons. The predicted octanol–water partition coefficient (Wildman–Crippen LogP) is 2.54. The van der Waals surface area contributed by atoms with E-state index < -0.39 is 6.61 Å². The van der Waals surface area contributed by atoms with Crippen molar-refractivity contribution in [2.45, 2.75) is 25.7 Å². The number of amides is 1. The zero-order valence-corrected chi connectivity index (χ0v) is 15.8. The smallest absolute Gasteiger partial charge is 0.248 e. The summed E-state index contributed by atoms with van der Waals surface area (Å²) in [6.45, 7) is 2.89. The summed E-state index contributed by atoms with van der Waals surface area (Å²) in [6, 6.07) is 10.2. The molecule has 2 N–H and O–H groups in total. The number of rotatable bonds is 4. The standard InChI is InChI=1S/C21H23N5O2/c1-14-2-4-15(5-3-14)20-19(17-6-9-22-13-23-17)21(25-24-20)16-7-10-26(11-8-16)18(28)12-27/h2-6,9,13,16,27H,7-8,10-12H2,1H3,(H,24,25). The molecule has 2 aromatic heterocycles. The van der Waals surface area contributed by atoms with Crippen molar-refractivity contribution in [2.75, 3.05) is 19.7 Å². The van der Waals surface area contributed by atoms with E-state index in [-0.39, 0.29) is 11.8 Å². The van der Waals surface area contributed by atoms with Gasteiger partial charge in [0.05, 0.1) is 5.69 Å². The van der Waals surface area contributed by atoms with Crippen molar-refractivity contribution in [3.63, 3.8) is 0 Å². The number of aromatic nitrogens is 4. The molecular formula is C21H23N5O2. The van der Waals surface area contributed by atoms with Gasteiger partial charge in [-0.15, -0.1) is 0 Å². The molecule has 0 aliphatic carbocycles. The predicted molar refractivity (Wildman–Crippen MR) is 105 cm³/mol. The first kappa shape index (κ1) is 18.3. The number of H-pyrrole nitrogens is 1. The van der Waals surface area contributed by atoms with Gasteiger partial charge in [0.2, 0.25) is 5.91 Å². The maximum Gasteiger partial charge on any atom is 0.248 e. The summed E-state index contributed by atoms with van der Waals surface area (Å²) < 4.78 is 0. The first-order chi connectivity index (χ1) is 13.7. The van der Waals surface area contributed by atoms with E-state index in [1.807, 2.05) is 6.07 Å². The van der Waals surface area contributed by atoms with Crippen molar-refractivity contribution in [3.05, 3.63) is 54.1 Å². The lowest BCUT2D eigenvalue weighted by atomic mass is 9.88. The molecule has 1 aromatic carbocycles. The molecule has 4 rings (SSSR count). The van der Waals surface area contributed by atoms with E-state index in [0.717, 1.165) is 41.1 Å². The molecule has 3 heterocycles. The van der Waals surface area contributed by atoms with Gasteiger partial charge in [-0.25, -0.2) is 9.97 Å². The van der Waals surface area contributed by atoms with Crippen molar-refractivity contribution < 1.29 is 9.90 Å². The highest BCUT2D eigenvalue weighted by molar-refractivity contribution is 5.81. The number of benzene rings is 1. The Morgan fingerprint density at radius 1 is 1.21 bits per heavy atom. The van der Waals surface area contributed by atoms with Gasteiger partial charge in [0.1, 0.15) is 18.6 Å². The second-order valence-corrected chi connectivity index (χ2v) is 7.13. The zero-order valence-electron chi connectivity index (χ0n) is 15.8. The molecule has 1 fully saturated rings. The average Bonchev–Trinajstić information content (AvgIpc) is 3.19. The Balaban J connectivity index is 1.70. The third-order valence-corrected chi connectivity index (χ3v) is 5.35. The fourth-order valence-electron chi connectivity index (χ4n) is 3.79. The van der Waals surface area contributed by atoms with Gasteiger partial charge in [-0.3, -0.25) is 9.89 Å². The van der Waals surface area contributed by atoms with Crippen LogP contribution >= 0.6 is 0 Å². The van der Waals surface area contributed by atoms with Crippen LogP contribution in [0.3, 0.4) is 0 Å². The van der Waals surface area contributed by atoms with Crippen LogP contribution in [0.1, 0.15) is 30.0 Å². The molecule has 7 nitrogen and oxygen atoms in total. The number of hydrogen-bond acceptors (Lipinski definition) is 5. The van der Waals surface area contributed by atoms with E-state index in [9.17, 15) is 4.79 Å². The van der Waals surface area contributed by atoms with Gasteiger partial charge in [0, 0.05) is 42.0 Å². The van der Waals surface area contributed by atoms with Crippen LogP contribution in [0.25, 0.3) is 22.5 Å². The van der Waals surface area contributed by atoms with Crippen LogP contribution in [-0.2, 0) is 4.79 Å². The third kappa shape index (κ3) is 3.53. The van der Waals surface area contributed by atoms with Crippen LogP contribution in [0.4, 0.5) is 0 Å². The van der Waals surface area contributed by atoms with Gasteiger partial charge < -0.3 is 10.0 Å². The molecule has 28 heavy (non-hydrogen) atoms. The fourth-order valence-corrected chi connectivity index (χ4v) is 3.79. The van der Waals surface area contributed by atoms with E-state index in [1.165, 1.54) is 5.56 Å². The van der Waals surface area contributed by atoms with Crippen molar-refractivity contribution in [3.8, 4) is 22.5 Å².